The summed E-state index contributed by atoms with van der Waals surface area (Å²) >= 11 is 7.18. The first kappa shape index (κ1) is 20.0. The Morgan fingerprint density at radius 3 is 2.77 bits per heavy atom. The molecule has 0 aliphatic carbocycles. The lowest BCUT2D eigenvalue weighted by Crippen LogP contribution is -3.06. The number of quaternary nitrogens is 1. The molecule has 0 spiro atoms. The van der Waals surface area contributed by atoms with E-state index in [2.05, 4.69) is 6.07 Å². The van der Waals surface area contributed by atoms with E-state index in [0.29, 0.717) is 39.1 Å². The topological polar surface area (TPSA) is 89.8 Å². The summed E-state index contributed by atoms with van der Waals surface area (Å²) < 4.78 is 10.5. The van der Waals surface area contributed by atoms with Gasteiger partial charge in [-0.25, -0.2) is 4.79 Å². The predicted molar refractivity (Wildman–Crippen MR) is 102 cm³/mol. The number of methoxy groups -OCH3 is 1. The molecule has 0 aliphatic rings. The molecule has 0 saturated carbocycles. The summed E-state index contributed by atoms with van der Waals surface area (Å²) in [6.07, 6.45) is 0. The van der Waals surface area contributed by atoms with E-state index in [-0.39, 0.29) is 6.61 Å². The van der Waals surface area contributed by atoms with Crippen LogP contribution in [0.1, 0.15) is 33.3 Å². The SMILES string of the molecule is CCOC(=O)c1sc(N)c(C#N)c1C[NH+](C)Cc1cc(Cl)ccc1OC. The Morgan fingerprint density at radius 2 is 2.15 bits per heavy atom. The van der Waals surface area contributed by atoms with E-state index < -0.39 is 5.97 Å². The lowest BCUT2D eigenvalue weighted by atomic mass is 10.1. The van der Waals surface area contributed by atoms with Crippen LogP contribution in [0, 0.1) is 11.3 Å². The van der Waals surface area contributed by atoms with Gasteiger partial charge in [-0.1, -0.05) is 11.6 Å². The van der Waals surface area contributed by atoms with E-state index in [4.69, 9.17) is 26.8 Å². The predicted octanol–water partition coefficient (Wildman–Crippen LogP) is 2.26. The monoisotopic (exact) mass is 394 g/mol. The molecule has 0 saturated heterocycles. The van der Waals surface area contributed by atoms with Crippen molar-refractivity contribution in [3.8, 4) is 11.8 Å². The molecular formula is C18H21ClN3O3S+. The van der Waals surface area contributed by atoms with E-state index in [0.717, 1.165) is 27.5 Å². The van der Waals surface area contributed by atoms with Gasteiger partial charge < -0.3 is 20.1 Å². The molecular weight excluding hydrogens is 374 g/mol. The van der Waals surface area contributed by atoms with Gasteiger partial charge in [-0.3, -0.25) is 0 Å². The number of halogens is 1. The van der Waals surface area contributed by atoms with Crippen molar-refractivity contribution < 1.29 is 19.2 Å². The van der Waals surface area contributed by atoms with Gasteiger partial charge in [-0.15, -0.1) is 11.3 Å². The lowest BCUT2D eigenvalue weighted by molar-refractivity contribution is -0.907. The largest absolute Gasteiger partial charge is 0.496 e. The quantitative estimate of drug-likeness (QED) is 0.703. The molecule has 1 aromatic heterocycles. The molecule has 3 N–H and O–H groups in total. The fraction of sp³-hybridized carbons (Fsp3) is 0.333. The molecule has 138 valence electrons. The van der Waals surface area contributed by atoms with Gasteiger partial charge in [0.25, 0.3) is 0 Å². The van der Waals surface area contributed by atoms with Gasteiger partial charge in [-0.2, -0.15) is 5.26 Å². The maximum absolute atomic E-state index is 12.2. The van der Waals surface area contributed by atoms with Crippen LogP contribution in [0.5, 0.6) is 5.75 Å². The van der Waals surface area contributed by atoms with Gasteiger partial charge in [0.05, 0.1) is 31.9 Å². The number of nitrogens with one attached hydrogen (secondary N) is 1. The molecule has 1 unspecified atom stereocenters. The van der Waals surface area contributed by atoms with E-state index >= 15 is 0 Å². The number of thiophene rings is 1. The van der Waals surface area contributed by atoms with Crippen molar-refractivity contribution in [1.29, 1.82) is 5.26 Å². The van der Waals surface area contributed by atoms with Gasteiger partial charge in [0, 0.05) is 10.6 Å². The summed E-state index contributed by atoms with van der Waals surface area (Å²) in [5.41, 5.74) is 7.82. The van der Waals surface area contributed by atoms with Crippen LogP contribution in [0.25, 0.3) is 0 Å². The van der Waals surface area contributed by atoms with Crippen LogP contribution in [0.4, 0.5) is 5.00 Å². The number of benzene rings is 1. The Bertz CT molecular complexity index is 845. The molecule has 26 heavy (non-hydrogen) atoms. The van der Waals surface area contributed by atoms with Crippen LogP contribution in [0.15, 0.2) is 18.2 Å². The Labute approximate surface area is 161 Å². The van der Waals surface area contributed by atoms with Gasteiger partial charge in [0.15, 0.2) is 0 Å². The molecule has 8 heteroatoms. The highest BCUT2D eigenvalue weighted by Gasteiger charge is 2.25. The van der Waals surface area contributed by atoms with E-state index in [1.54, 1.807) is 20.1 Å². The maximum atomic E-state index is 12.2. The van der Waals surface area contributed by atoms with Crippen LogP contribution in [-0.2, 0) is 17.8 Å². The minimum Gasteiger partial charge on any atom is -0.496 e. The second kappa shape index (κ2) is 8.90. The number of carbonyl (C=O) groups is 1. The molecule has 0 aliphatic heterocycles. The third-order valence-electron chi connectivity index (χ3n) is 3.82. The number of esters is 1. The van der Waals surface area contributed by atoms with Gasteiger partial charge in [0.1, 0.15) is 34.8 Å². The summed E-state index contributed by atoms with van der Waals surface area (Å²) in [5, 5.41) is 10.4. The number of anilines is 1. The average Bonchev–Trinajstić information content (AvgIpc) is 2.90. The van der Waals surface area contributed by atoms with Crippen LogP contribution >= 0.6 is 22.9 Å². The molecule has 0 amide bonds. The van der Waals surface area contributed by atoms with Crippen molar-refractivity contribution in [1.82, 2.24) is 0 Å². The molecule has 0 fully saturated rings. The zero-order valence-corrected chi connectivity index (χ0v) is 16.5. The highest BCUT2D eigenvalue weighted by Crippen LogP contribution is 2.31. The zero-order valence-electron chi connectivity index (χ0n) is 14.9. The minimum atomic E-state index is -0.450. The number of ether oxygens (including phenoxy) is 2. The van der Waals surface area contributed by atoms with Crippen molar-refractivity contribution in [3.05, 3.63) is 44.8 Å². The lowest BCUT2D eigenvalue weighted by Gasteiger charge is -2.16. The molecule has 1 atom stereocenters. The number of hydrogen-bond acceptors (Lipinski definition) is 6. The molecule has 0 bridgehead atoms. The van der Waals surface area contributed by atoms with Crippen LogP contribution in [0.3, 0.4) is 0 Å². The Hall–Kier alpha value is -2.27. The fourth-order valence-corrected chi connectivity index (χ4v) is 3.84. The normalized spacial score (nSPS) is 11.7. The number of rotatable bonds is 7. The Kier molecular flexibility index (Phi) is 6.86. The number of nitrogens with two attached hydrogens (primary N) is 1. The first-order valence-corrected chi connectivity index (χ1v) is 9.22. The molecule has 2 rings (SSSR count). The standard InChI is InChI=1S/C18H20ClN3O3S/c1-4-25-18(23)16-14(13(8-20)17(21)26-16)10-22(2)9-11-7-12(19)5-6-15(11)24-3/h5-7H,4,9-10,21H2,1-3H3/p+1. The number of carbonyl (C=O) groups excluding carboxylic acids is 1. The van der Waals surface area contributed by atoms with E-state index in [1.807, 2.05) is 19.2 Å². The molecule has 1 aromatic carbocycles. The van der Waals surface area contributed by atoms with Crippen LogP contribution in [-0.4, -0.2) is 26.7 Å². The van der Waals surface area contributed by atoms with E-state index in [9.17, 15) is 10.1 Å². The second-order valence-corrected chi connectivity index (χ2v) is 7.24. The number of nitrogen functional groups attached to an aromatic ring is 1. The highest BCUT2D eigenvalue weighted by atomic mass is 35.5. The summed E-state index contributed by atoms with van der Waals surface area (Å²) in [6.45, 7) is 3.05. The van der Waals surface area contributed by atoms with Gasteiger partial charge in [0.2, 0.25) is 0 Å². The Morgan fingerprint density at radius 1 is 1.42 bits per heavy atom. The summed E-state index contributed by atoms with van der Waals surface area (Å²) in [5.74, 6) is 0.290. The molecule has 1 heterocycles. The summed E-state index contributed by atoms with van der Waals surface area (Å²) in [4.78, 5) is 13.6. The number of nitrogens with zero attached hydrogens (tertiary/aromatic N) is 1. The fourth-order valence-electron chi connectivity index (χ4n) is 2.71. The number of hydrogen-bond donors (Lipinski definition) is 2. The van der Waals surface area contributed by atoms with E-state index in [1.165, 1.54) is 0 Å². The first-order valence-electron chi connectivity index (χ1n) is 8.03. The molecule has 0 radical (unpaired) electrons. The highest BCUT2D eigenvalue weighted by molar-refractivity contribution is 7.18. The van der Waals surface area contributed by atoms with Crippen molar-refractivity contribution in [2.24, 2.45) is 0 Å². The van der Waals surface area contributed by atoms with Gasteiger partial charge in [-0.05, 0) is 25.1 Å². The van der Waals surface area contributed by atoms with Crippen molar-refractivity contribution in [2.75, 3.05) is 26.5 Å². The minimum absolute atomic E-state index is 0.264. The second-order valence-electron chi connectivity index (χ2n) is 5.75. The van der Waals surface area contributed by atoms with Crippen LogP contribution in [0.2, 0.25) is 5.02 Å². The molecule has 6 nitrogen and oxygen atoms in total. The summed E-state index contributed by atoms with van der Waals surface area (Å²) in [6, 6.07) is 7.54. The van der Waals surface area contributed by atoms with Crippen molar-refractivity contribution in [2.45, 2.75) is 20.0 Å². The molecule has 2 aromatic rings. The third-order valence-corrected chi connectivity index (χ3v) is 5.10. The maximum Gasteiger partial charge on any atom is 0.348 e. The third kappa shape index (κ3) is 4.47. The smallest absolute Gasteiger partial charge is 0.348 e. The number of nitriles is 1. The Balaban J connectivity index is 2.29. The zero-order chi connectivity index (χ0) is 19.3. The average molecular weight is 395 g/mol. The van der Waals surface area contributed by atoms with Gasteiger partial charge >= 0.3 is 5.97 Å². The summed E-state index contributed by atoms with van der Waals surface area (Å²) in [7, 11) is 3.57. The first-order chi connectivity index (χ1) is 12.4. The van der Waals surface area contributed by atoms with Crippen LogP contribution < -0.4 is 15.4 Å². The van der Waals surface area contributed by atoms with Crippen molar-refractivity contribution in [3.63, 3.8) is 0 Å². The van der Waals surface area contributed by atoms with Crippen molar-refractivity contribution >= 4 is 33.9 Å².